The van der Waals surface area contributed by atoms with Crippen LogP contribution < -0.4 is 0 Å². The van der Waals surface area contributed by atoms with E-state index < -0.39 is 4.92 Å². The number of amides is 1. The zero-order valence-electron chi connectivity index (χ0n) is 15.2. The summed E-state index contributed by atoms with van der Waals surface area (Å²) in [5, 5.41) is 15.5. The van der Waals surface area contributed by atoms with Crippen LogP contribution in [0.5, 0.6) is 0 Å². The number of rotatable bonds is 6. The first-order valence-corrected chi connectivity index (χ1v) is 8.74. The fourth-order valence-electron chi connectivity index (χ4n) is 2.87. The molecule has 0 saturated carbocycles. The van der Waals surface area contributed by atoms with E-state index in [2.05, 4.69) is 5.10 Å². The molecule has 3 aromatic rings. The minimum absolute atomic E-state index is 0.00851. The molecule has 138 valence electrons. The summed E-state index contributed by atoms with van der Waals surface area (Å²) in [5.41, 5.74) is 2.58. The molecule has 0 N–H and O–H groups in total. The second-order valence-corrected chi connectivity index (χ2v) is 5.94. The number of nitrogens with zero attached hydrogens (tertiary/aromatic N) is 4. The van der Waals surface area contributed by atoms with Crippen LogP contribution in [0.25, 0.3) is 16.9 Å². The summed E-state index contributed by atoms with van der Waals surface area (Å²) in [4.78, 5) is 25.1. The zero-order chi connectivity index (χ0) is 19.4. The Morgan fingerprint density at radius 1 is 1.07 bits per heavy atom. The van der Waals surface area contributed by atoms with E-state index in [4.69, 9.17) is 0 Å². The average molecular weight is 364 g/mol. The minimum atomic E-state index is -0.454. The average Bonchev–Trinajstić information content (AvgIpc) is 3.15. The molecule has 7 heteroatoms. The van der Waals surface area contributed by atoms with Gasteiger partial charge in [0.1, 0.15) is 5.69 Å². The number of nitro groups is 1. The second-order valence-electron chi connectivity index (χ2n) is 5.94. The maximum atomic E-state index is 13.0. The molecule has 0 aliphatic heterocycles. The number of carbonyl (C=O) groups is 1. The van der Waals surface area contributed by atoms with Crippen LogP contribution >= 0.6 is 0 Å². The molecule has 0 bridgehead atoms. The highest BCUT2D eigenvalue weighted by molar-refractivity contribution is 5.94. The molecular weight excluding hydrogens is 344 g/mol. The first-order valence-electron chi connectivity index (χ1n) is 8.74. The van der Waals surface area contributed by atoms with Crippen molar-refractivity contribution in [1.29, 1.82) is 0 Å². The molecule has 3 rings (SSSR count). The topological polar surface area (TPSA) is 81.3 Å². The highest BCUT2D eigenvalue weighted by atomic mass is 16.6. The molecule has 1 aromatic heterocycles. The van der Waals surface area contributed by atoms with E-state index in [1.807, 2.05) is 44.2 Å². The van der Waals surface area contributed by atoms with Gasteiger partial charge in [0.05, 0.1) is 16.3 Å². The van der Waals surface area contributed by atoms with Crippen molar-refractivity contribution in [3.05, 3.63) is 76.5 Å². The van der Waals surface area contributed by atoms with Crippen molar-refractivity contribution in [3.63, 3.8) is 0 Å². The number of non-ortho nitro benzene ring substituents is 1. The van der Waals surface area contributed by atoms with Gasteiger partial charge in [-0.2, -0.15) is 5.10 Å². The Bertz CT molecular complexity index is 945. The van der Waals surface area contributed by atoms with Crippen LogP contribution in [0.3, 0.4) is 0 Å². The Labute approximate surface area is 157 Å². The lowest BCUT2D eigenvalue weighted by Gasteiger charge is -2.19. The summed E-state index contributed by atoms with van der Waals surface area (Å²) in [7, 11) is 0. The number of nitro benzene ring substituents is 1. The van der Waals surface area contributed by atoms with Gasteiger partial charge in [-0.1, -0.05) is 30.3 Å². The Balaban J connectivity index is 2.11. The van der Waals surface area contributed by atoms with E-state index in [-0.39, 0.29) is 11.6 Å². The summed E-state index contributed by atoms with van der Waals surface area (Å²) in [5.74, 6) is -0.131. The summed E-state index contributed by atoms with van der Waals surface area (Å²) < 4.78 is 1.55. The molecule has 7 nitrogen and oxygen atoms in total. The van der Waals surface area contributed by atoms with Crippen molar-refractivity contribution in [3.8, 4) is 16.9 Å². The van der Waals surface area contributed by atoms with Crippen molar-refractivity contribution in [1.82, 2.24) is 14.7 Å². The minimum Gasteiger partial charge on any atom is -0.338 e. The van der Waals surface area contributed by atoms with Crippen LogP contribution in [0.2, 0.25) is 0 Å². The van der Waals surface area contributed by atoms with Gasteiger partial charge in [-0.3, -0.25) is 14.9 Å². The third kappa shape index (κ3) is 3.72. The van der Waals surface area contributed by atoms with Crippen LogP contribution in [0.15, 0.2) is 60.7 Å². The number of benzene rings is 2. The van der Waals surface area contributed by atoms with Crippen LogP contribution in [-0.2, 0) is 0 Å². The molecule has 0 aliphatic rings. The lowest BCUT2D eigenvalue weighted by Crippen LogP contribution is -2.32. The predicted molar refractivity (Wildman–Crippen MR) is 103 cm³/mol. The highest BCUT2D eigenvalue weighted by Gasteiger charge is 2.21. The first-order chi connectivity index (χ1) is 13.0. The van der Waals surface area contributed by atoms with Gasteiger partial charge in [0.2, 0.25) is 0 Å². The maximum Gasteiger partial charge on any atom is 0.272 e. The Morgan fingerprint density at radius 2 is 1.70 bits per heavy atom. The Morgan fingerprint density at radius 3 is 2.26 bits per heavy atom. The van der Waals surface area contributed by atoms with Gasteiger partial charge in [-0.15, -0.1) is 0 Å². The molecule has 0 spiro atoms. The molecule has 1 amide bonds. The molecule has 27 heavy (non-hydrogen) atoms. The third-order valence-electron chi connectivity index (χ3n) is 4.35. The summed E-state index contributed by atoms with van der Waals surface area (Å²) in [6.07, 6.45) is 0. The van der Waals surface area contributed by atoms with Gasteiger partial charge in [-0.05, 0) is 32.0 Å². The smallest absolute Gasteiger partial charge is 0.272 e. The van der Waals surface area contributed by atoms with E-state index in [9.17, 15) is 14.9 Å². The van der Waals surface area contributed by atoms with E-state index in [1.54, 1.807) is 27.8 Å². The quantitative estimate of drug-likeness (QED) is 0.490. The van der Waals surface area contributed by atoms with Crippen molar-refractivity contribution in [2.24, 2.45) is 0 Å². The SMILES string of the molecule is CCN(CC)C(=O)c1cc(-c2ccccc2)nn1-c1ccc([N+](=O)[O-])cc1. The molecule has 0 radical (unpaired) electrons. The number of aromatic nitrogens is 2. The van der Waals surface area contributed by atoms with Gasteiger partial charge in [0, 0.05) is 30.8 Å². The normalized spacial score (nSPS) is 10.6. The predicted octanol–water partition coefficient (Wildman–Crippen LogP) is 3.93. The van der Waals surface area contributed by atoms with E-state index in [0.29, 0.717) is 30.2 Å². The van der Waals surface area contributed by atoms with E-state index in [1.165, 1.54) is 12.1 Å². The molecule has 0 saturated heterocycles. The van der Waals surface area contributed by atoms with Crippen LogP contribution in [-0.4, -0.2) is 38.6 Å². The molecule has 0 atom stereocenters. The van der Waals surface area contributed by atoms with Crippen molar-refractivity contribution in [2.75, 3.05) is 13.1 Å². The van der Waals surface area contributed by atoms with Crippen molar-refractivity contribution < 1.29 is 9.72 Å². The van der Waals surface area contributed by atoms with Gasteiger partial charge in [0.15, 0.2) is 0 Å². The second kappa shape index (κ2) is 7.82. The molecular formula is C20H20N4O3. The van der Waals surface area contributed by atoms with Crippen LogP contribution in [0.1, 0.15) is 24.3 Å². The fraction of sp³-hybridized carbons (Fsp3) is 0.200. The number of carbonyl (C=O) groups excluding carboxylic acids is 1. The highest BCUT2D eigenvalue weighted by Crippen LogP contribution is 2.24. The largest absolute Gasteiger partial charge is 0.338 e. The Kier molecular flexibility index (Phi) is 5.30. The first kappa shape index (κ1) is 18.3. The lowest BCUT2D eigenvalue weighted by molar-refractivity contribution is -0.384. The van der Waals surface area contributed by atoms with Crippen molar-refractivity contribution in [2.45, 2.75) is 13.8 Å². The molecule has 1 heterocycles. The van der Waals surface area contributed by atoms with Gasteiger partial charge >= 0.3 is 0 Å². The lowest BCUT2D eigenvalue weighted by atomic mass is 10.1. The third-order valence-corrected chi connectivity index (χ3v) is 4.35. The van der Waals surface area contributed by atoms with Crippen LogP contribution in [0, 0.1) is 10.1 Å². The molecule has 0 unspecified atom stereocenters. The summed E-state index contributed by atoms with van der Waals surface area (Å²) in [6, 6.07) is 17.4. The Hall–Kier alpha value is -3.48. The molecule has 2 aromatic carbocycles. The fourth-order valence-corrected chi connectivity index (χ4v) is 2.87. The maximum absolute atomic E-state index is 13.0. The number of hydrogen-bond donors (Lipinski definition) is 0. The zero-order valence-corrected chi connectivity index (χ0v) is 15.2. The molecule has 0 fully saturated rings. The standard InChI is InChI=1S/C20H20N4O3/c1-3-22(4-2)20(25)19-14-18(15-8-6-5-7-9-15)21-23(19)16-10-12-17(13-11-16)24(26)27/h5-14H,3-4H2,1-2H3. The van der Waals surface area contributed by atoms with Gasteiger partial charge in [0.25, 0.3) is 11.6 Å². The monoisotopic (exact) mass is 364 g/mol. The summed E-state index contributed by atoms with van der Waals surface area (Å²) in [6.45, 7) is 5.01. The molecule has 0 aliphatic carbocycles. The van der Waals surface area contributed by atoms with E-state index in [0.717, 1.165) is 5.56 Å². The number of hydrogen-bond acceptors (Lipinski definition) is 4. The van der Waals surface area contributed by atoms with E-state index >= 15 is 0 Å². The van der Waals surface area contributed by atoms with Gasteiger partial charge < -0.3 is 4.90 Å². The summed E-state index contributed by atoms with van der Waals surface area (Å²) >= 11 is 0. The van der Waals surface area contributed by atoms with Crippen molar-refractivity contribution >= 4 is 11.6 Å². The van der Waals surface area contributed by atoms with Crippen LogP contribution in [0.4, 0.5) is 5.69 Å². The van der Waals surface area contributed by atoms with Gasteiger partial charge in [-0.25, -0.2) is 4.68 Å².